The van der Waals surface area contributed by atoms with E-state index < -0.39 is 0 Å². The first kappa shape index (κ1) is 10.8. The molecule has 3 aromatic rings. The zero-order valence-electron chi connectivity index (χ0n) is 10.6. The topological polar surface area (TPSA) is 30.2 Å². The Kier molecular flexibility index (Phi) is 2.25. The molecule has 0 N–H and O–H groups in total. The van der Waals surface area contributed by atoms with Crippen molar-refractivity contribution in [2.45, 2.75) is 25.7 Å². The standard InChI is InChI=1S/C17H14O2/c18-17-13-7-3-4-8-15(13)19-16-10-12-6-2-1-5-11(12)9-14(16)17/h3-4,7-10H,1-2,5-6H2. The lowest BCUT2D eigenvalue weighted by atomic mass is 9.90. The van der Waals surface area contributed by atoms with Crippen LogP contribution < -0.4 is 5.43 Å². The second-order valence-electron chi connectivity index (χ2n) is 5.25. The van der Waals surface area contributed by atoms with E-state index in [0.717, 1.165) is 23.8 Å². The summed E-state index contributed by atoms with van der Waals surface area (Å²) in [5.74, 6) is 0. The normalized spacial score (nSPS) is 14.7. The minimum Gasteiger partial charge on any atom is -0.456 e. The third-order valence-corrected chi connectivity index (χ3v) is 4.04. The van der Waals surface area contributed by atoms with Crippen LogP contribution in [-0.4, -0.2) is 0 Å². The molecule has 0 aliphatic heterocycles. The molecule has 0 bridgehead atoms. The molecule has 0 spiro atoms. The molecule has 4 rings (SSSR count). The van der Waals surface area contributed by atoms with Gasteiger partial charge in [0.25, 0.3) is 0 Å². The van der Waals surface area contributed by atoms with Gasteiger partial charge in [-0.3, -0.25) is 4.79 Å². The molecule has 1 heterocycles. The molecule has 19 heavy (non-hydrogen) atoms. The number of fused-ring (bicyclic) bond motifs is 3. The highest BCUT2D eigenvalue weighted by Gasteiger charge is 2.14. The van der Waals surface area contributed by atoms with Crippen molar-refractivity contribution < 1.29 is 4.42 Å². The summed E-state index contributed by atoms with van der Waals surface area (Å²) in [6, 6.07) is 11.6. The maximum Gasteiger partial charge on any atom is 0.200 e. The summed E-state index contributed by atoms with van der Waals surface area (Å²) in [4.78, 5) is 12.5. The monoisotopic (exact) mass is 250 g/mol. The van der Waals surface area contributed by atoms with Crippen molar-refractivity contribution in [1.82, 2.24) is 0 Å². The first-order valence-electron chi connectivity index (χ1n) is 6.80. The van der Waals surface area contributed by atoms with Crippen molar-refractivity contribution in [3.8, 4) is 0 Å². The summed E-state index contributed by atoms with van der Waals surface area (Å²) in [5.41, 5.74) is 4.16. The van der Waals surface area contributed by atoms with Gasteiger partial charge in [-0.15, -0.1) is 0 Å². The van der Waals surface area contributed by atoms with Crippen LogP contribution in [0, 0.1) is 0 Å². The molecule has 1 aliphatic carbocycles. The molecular formula is C17H14O2. The Balaban J connectivity index is 2.15. The van der Waals surface area contributed by atoms with Crippen LogP contribution in [0.1, 0.15) is 24.0 Å². The van der Waals surface area contributed by atoms with Crippen LogP contribution in [0.15, 0.2) is 45.6 Å². The predicted octanol–water partition coefficient (Wildman–Crippen LogP) is 3.83. The van der Waals surface area contributed by atoms with Gasteiger partial charge in [0.05, 0.1) is 10.8 Å². The van der Waals surface area contributed by atoms with Crippen LogP contribution in [0.5, 0.6) is 0 Å². The van der Waals surface area contributed by atoms with Crippen LogP contribution in [0.25, 0.3) is 21.9 Å². The van der Waals surface area contributed by atoms with Crippen molar-refractivity contribution in [3.63, 3.8) is 0 Å². The maximum atomic E-state index is 12.5. The fourth-order valence-corrected chi connectivity index (χ4v) is 3.03. The number of aryl methyl sites for hydroxylation is 2. The van der Waals surface area contributed by atoms with Gasteiger partial charge in [0, 0.05) is 0 Å². The Morgan fingerprint density at radius 2 is 1.58 bits per heavy atom. The highest BCUT2D eigenvalue weighted by atomic mass is 16.3. The molecule has 94 valence electrons. The zero-order valence-corrected chi connectivity index (χ0v) is 10.6. The van der Waals surface area contributed by atoms with Gasteiger partial charge in [-0.1, -0.05) is 12.1 Å². The largest absolute Gasteiger partial charge is 0.456 e. The van der Waals surface area contributed by atoms with E-state index in [4.69, 9.17) is 4.42 Å². The van der Waals surface area contributed by atoms with Crippen molar-refractivity contribution in [2.24, 2.45) is 0 Å². The number of hydrogen-bond donors (Lipinski definition) is 0. The number of benzene rings is 2. The molecule has 1 aromatic heterocycles. The van der Waals surface area contributed by atoms with Crippen LogP contribution in [-0.2, 0) is 12.8 Å². The van der Waals surface area contributed by atoms with Crippen LogP contribution >= 0.6 is 0 Å². The zero-order chi connectivity index (χ0) is 12.8. The minimum atomic E-state index is 0.0882. The third-order valence-electron chi connectivity index (χ3n) is 4.04. The van der Waals surface area contributed by atoms with Gasteiger partial charge >= 0.3 is 0 Å². The predicted molar refractivity (Wildman–Crippen MR) is 76.6 cm³/mol. The Hall–Kier alpha value is -2.09. The van der Waals surface area contributed by atoms with Crippen molar-refractivity contribution >= 4 is 21.9 Å². The van der Waals surface area contributed by atoms with Gasteiger partial charge in [-0.05, 0) is 61.1 Å². The fraction of sp³-hybridized carbons (Fsp3) is 0.235. The molecular weight excluding hydrogens is 236 g/mol. The Morgan fingerprint density at radius 1 is 0.842 bits per heavy atom. The molecule has 0 saturated heterocycles. The molecule has 2 nitrogen and oxygen atoms in total. The lowest BCUT2D eigenvalue weighted by molar-refractivity contribution is 0.651. The lowest BCUT2D eigenvalue weighted by Crippen LogP contribution is -2.07. The number of hydrogen-bond acceptors (Lipinski definition) is 2. The SMILES string of the molecule is O=c1c2ccccc2oc2cc3c(cc12)CCCC3. The average molecular weight is 250 g/mol. The Labute approximate surface area is 110 Å². The van der Waals surface area contributed by atoms with E-state index in [0.29, 0.717) is 11.0 Å². The van der Waals surface area contributed by atoms with E-state index in [-0.39, 0.29) is 5.43 Å². The highest BCUT2D eigenvalue weighted by molar-refractivity contribution is 5.90. The van der Waals surface area contributed by atoms with Crippen molar-refractivity contribution in [2.75, 3.05) is 0 Å². The Bertz CT molecular complexity index is 843. The molecule has 0 saturated carbocycles. The molecule has 1 aliphatic rings. The van der Waals surface area contributed by atoms with Crippen LogP contribution in [0.4, 0.5) is 0 Å². The quantitative estimate of drug-likeness (QED) is 0.568. The van der Waals surface area contributed by atoms with Gasteiger partial charge in [-0.2, -0.15) is 0 Å². The van der Waals surface area contributed by atoms with Gasteiger partial charge in [-0.25, -0.2) is 0 Å². The molecule has 0 amide bonds. The molecule has 2 aromatic carbocycles. The molecule has 2 heteroatoms. The highest BCUT2D eigenvalue weighted by Crippen LogP contribution is 2.27. The minimum absolute atomic E-state index is 0.0882. The third kappa shape index (κ3) is 1.60. The maximum absolute atomic E-state index is 12.5. The molecule has 0 atom stereocenters. The summed E-state index contributed by atoms with van der Waals surface area (Å²) in [7, 11) is 0. The fourth-order valence-electron chi connectivity index (χ4n) is 3.03. The van der Waals surface area contributed by atoms with Crippen LogP contribution in [0.3, 0.4) is 0 Å². The van der Waals surface area contributed by atoms with E-state index in [1.165, 1.54) is 24.0 Å². The van der Waals surface area contributed by atoms with Gasteiger partial charge < -0.3 is 4.42 Å². The summed E-state index contributed by atoms with van der Waals surface area (Å²) in [6.45, 7) is 0. The van der Waals surface area contributed by atoms with E-state index in [1.54, 1.807) is 0 Å². The van der Waals surface area contributed by atoms with E-state index in [1.807, 2.05) is 30.3 Å². The summed E-state index contributed by atoms with van der Waals surface area (Å²) >= 11 is 0. The van der Waals surface area contributed by atoms with E-state index in [2.05, 4.69) is 6.07 Å². The average Bonchev–Trinajstić information content (AvgIpc) is 2.46. The smallest absolute Gasteiger partial charge is 0.200 e. The van der Waals surface area contributed by atoms with Crippen LogP contribution in [0.2, 0.25) is 0 Å². The second-order valence-corrected chi connectivity index (χ2v) is 5.25. The summed E-state index contributed by atoms with van der Waals surface area (Å²) < 4.78 is 5.89. The first-order chi connectivity index (χ1) is 9.33. The molecule has 0 fully saturated rings. The Morgan fingerprint density at radius 3 is 2.42 bits per heavy atom. The van der Waals surface area contributed by atoms with E-state index in [9.17, 15) is 4.79 Å². The summed E-state index contributed by atoms with van der Waals surface area (Å²) in [6.07, 6.45) is 4.63. The second kappa shape index (κ2) is 3.95. The number of rotatable bonds is 0. The lowest BCUT2D eigenvalue weighted by Gasteiger charge is -2.16. The molecule has 0 radical (unpaired) electrons. The van der Waals surface area contributed by atoms with E-state index >= 15 is 0 Å². The number of para-hydroxylation sites is 1. The van der Waals surface area contributed by atoms with Gasteiger partial charge in [0.15, 0.2) is 0 Å². The molecule has 0 unspecified atom stereocenters. The first-order valence-corrected chi connectivity index (χ1v) is 6.80. The van der Waals surface area contributed by atoms with Gasteiger partial charge in [0.1, 0.15) is 11.2 Å². The van der Waals surface area contributed by atoms with Crippen molar-refractivity contribution in [3.05, 3.63) is 57.7 Å². The van der Waals surface area contributed by atoms with Gasteiger partial charge in [0.2, 0.25) is 5.43 Å². The van der Waals surface area contributed by atoms with Crippen molar-refractivity contribution in [1.29, 1.82) is 0 Å². The summed E-state index contributed by atoms with van der Waals surface area (Å²) in [5, 5.41) is 1.39.